The van der Waals surface area contributed by atoms with Crippen LogP contribution in [0.4, 0.5) is 0 Å². The summed E-state index contributed by atoms with van der Waals surface area (Å²) >= 11 is 0. The van der Waals surface area contributed by atoms with Crippen molar-refractivity contribution in [3.05, 3.63) is 30.1 Å². The van der Waals surface area contributed by atoms with Crippen LogP contribution in [0.15, 0.2) is 24.4 Å². The molecule has 1 rings (SSSR count). The highest BCUT2D eigenvalue weighted by atomic mass is 28.1. The van der Waals surface area contributed by atoms with E-state index < -0.39 is 0 Å². The summed E-state index contributed by atoms with van der Waals surface area (Å²) in [6, 6.07) is 6.07. The average Bonchev–Trinajstić information content (AvgIpc) is 1.90. The molecule has 0 fully saturated rings. The summed E-state index contributed by atoms with van der Waals surface area (Å²) < 4.78 is 0. The maximum atomic E-state index is 4.21. The first-order valence-corrected chi connectivity index (χ1v) is 4.37. The maximum absolute atomic E-state index is 4.21. The summed E-state index contributed by atoms with van der Waals surface area (Å²) in [5, 5.41) is 0. The first-order chi connectivity index (χ1) is 4.30. The van der Waals surface area contributed by atoms with Gasteiger partial charge in [0.05, 0.1) is 0 Å². The lowest BCUT2D eigenvalue weighted by Gasteiger charge is -2.00. The van der Waals surface area contributed by atoms with Crippen molar-refractivity contribution in [3.8, 4) is 0 Å². The quantitative estimate of drug-likeness (QED) is 0.514. The van der Waals surface area contributed by atoms with E-state index in [4.69, 9.17) is 0 Å². The van der Waals surface area contributed by atoms with E-state index in [1.165, 1.54) is 15.9 Å². The van der Waals surface area contributed by atoms with Gasteiger partial charge in [-0.2, -0.15) is 0 Å². The summed E-state index contributed by atoms with van der Waals surface area (Å²) in [5.74, 6) is 0. The molecule has 1 aromatic rings. The lowest BCUT2D eigenvalue weighted by atomic mass is 10.3. The predicted molar refractivity (Wildman–Crippen MR) is 42.6 cm³/mol. The van der Waals surface area contributed by atoms with E-state index in [0.717, 1.165) is 0 Å². The van der Waals surface area contributed by atoms with E-state index in [1.807, 2.05) is 18.3 Å². The van der Waals surface area contributed by atoms with Crippen molar-refractivity contribution in [2.45, 2.75) is 12.5 Å². The Morgan fingerprint density at radius 3 is 2.67 bits per heavy atom. The first-order valence-electron chi connectivity index (χ1n) is 3.21. The van der Waals surface area contributed by atoms with Crippen LogP contribution < -0.4 is 0 Å². The van der Waals surface area contributed by atoms with E-state index in [1.54, 1.807) is 0 Å². The van der Waals surface area contributed by atoms with Crippen LogP contribution in [0.1, 0.15) is 18.2 Å². The molecule has 0 spiro atoms. The molecular weight excluding hydrogens is 126 g/mol. The topological polar surface area (TPSA) is 12.9 Å². The molecule has 0 aliphatic heterocycles. The molecule has 2 heteroatoms. The van der Waals surface area contributed by atoms with Gasteiger partial charge < -0.3 is 0 Å². The van der Waals surface area contributed by atoms with Crippen LogP contribution in [0.25, 0.3) is 0 Å². The standard InChI is InChI=1S/C7H11NSi/c1-6(9)7-4-2-3-5-8-7/h2-6H,1,9H3. The Morgan fingerprint density at radius 2 is 2.33 bits per heavy atom. The maximum Gasteiger partial charge on any atom is 0.0395 e. The fraction of sp³-hybridized carbons (Fsp3) is 0.286. The number of aromatic nitrogens is 1. The second kappa shape index (κ2) is 2.78. The molecule has 0 aliphatic carbocycles. The number of nitrogens with zero attached hydrogens (tertiary/aromatic N) is 1. The van der Waals surface area contributed by atoms with Crippen LogP contribution in [-0.2, 0) is 0 Å². The molecule has 1 atom stereocenters. The second-order valence-corrected chi connectivity index (χ2v) is 4.14. The highest BCUT2D eigenvalue weighted by Crippen LogP contribution is 2.04. The second-order valence-electron chi connectivity index (χ2n) is 2.41. The van der Waals surface area contributed by atoms with Crippen molar-refractivity contribution in [1.82, 2.24) is 4.98 Å². The zero-order chi connectivity index (χ0) is 6.69. The summed E-state index contributed by atoms with van der Waals surface area (Å²) in [4.78, 5) is 4.21. The monoisotopic (exact) mass is 137 g/mol. The molecule has 0 aliphatic rings. The molecular formula is C7H11NSi. The van der Waals surface area contributed by atoms with E-state index >= 15 is 0 Å². The Bertz CT molecular complexity index is 172. The van der Waals surface area contributed by atoms with E-state index in [2.05, 4.69) is 18.0 Å². The summed E-state index contributed by atoms with van der Waals surface area (Å²) in [7, 11) is 1.19. The van der Waals surface area contributed by atoms with Crippen molar-refractivity contribution in [2.75, 3.05) is 0 Å². The Hall–Kier alpha value is -0.633. The van der Waals surface area contributed by atoms with Crippen molar-refractivity contribution in [2.24, 2.45) is 0 Å². The summed E-state index contributed by atoms with van der Waals surface area (Å²) in [5.41, 5.74) is 1.91. The molecule has 0 bridgehead atoms. The Kier molecular flexibility index (Phi) is 2.00. The van der Waals surface area contributed by atoms with Crippen molar-refractivity contribution in [3.63, 3.8) is 0 Å². The third kappa shape index (κ3) is 1.64. The van der Waals surface area contributed by atoms with Gasteiger partial charge in [0.1, 0.15) is 0 Å². The molecule has 0 aromatic carbocycles. The third-order valence-electron chi connectivity index (χ3n) is 1.28. The molecule has 1 heterocycles. The van der Waals surface area contributed by atoms with Crippen LogP contribution in [0.3, 0.4) is 0 Å². The minimum Gasteiger partial charge on any atom is -0.261 e. The van der Waals surface area contributed by atoms with Crippen LogP contribution in [0, 0.1) is 0 Å². The minimum atomic E-state index is 0.686. The van der Waals surface area contributed by atoms with E-state index in [-0.39, 0.29) is 0 Å². The predicted octanol–water partition coefficient (Wildman–Crippen LogP) is 0.508. The number of hydrogen-bond acceptors (Lipinski definition) is 1. The van der Waals surface area contributed by atoms with E-state index in [0.29, 0.717) is 5.54 Å². The Balaban J connectivity index is 2.85. The van der Waals surface area contributed by atoms with Crippen molar-refractivity contribution >= 4 is 10.2 Å². The SMILES string of the molecule is CC([SiH3])c1ccccn1. The van der Waals surface area contributed by atoms with Crippen LogP contribution in [-0.4, -0.2) is 15.2 Å². The molecule has 0 saturated heterocycles. The zero-order valence-electron chi connectivity index (χ0n) is 5.83. The first kappa shape index (κ1) is 6.49. The molecule has 48 valence electrons. The molecule has 9 heavy (non-hydrogen) atoms. The zero-order valence-corrected chi connectivity index (χ0v) is 7.83. The van der Waals surface area contributed by atoms with Gasteiger partial charge in [-0.3, -0.25) is 4.98 Å². The smallest absolute Gasteiger partial charge is 0.0395 e. The highest BCUT2D eigenvalue weighted by Gasteiger charge is 1.95. The third-order valence-corrected chi connectivity index (χ3v) is 1.87. The molecule has 0 saturated carbocycles. The highest BCUT2D eigenvalue weighted by molar-refractivity contribution is 6.11. The molecule has 0 amide bonds. The van der Waals surface area contributed by atoms with Crippen molar-refractivity contribution < 1.29 is 0 Å². The fourth-order valence-electron chi connectivity index (χ4n) is 0.717. The molecule has 0 radical (unpaired) electrons. The molecule has 1 aromatic heterocycles. The van der Waals surface area contributed by atoms with Gasteiger partial charge in [0.15, 0.2) is 0 Å². The Labute approximate surface area is 58.6 Å². The lowest BCUT2D eigenvalue weighted by molar-refractivity contribution is 0.994. The van der Waals surface area contributed by atoms with Crippen LogP contribution >= 0.6 is 0 Å². The molecule has 1 unspecified atom stereocenters. The van der Waals surface area contributed by atoms with Gasteiger partial charge in [-0.15, -0.1) is 0 Å². The normalized spacial score (nSPS) is 13.4. The van der Waals surface area contributed by atoms with Gasteiger partial charge in [-0.1, -0.05) is 13.0 Å². The largest absolute Gasteiger partial charge is 0.261 e. The molecule has 1 nitrogen and oxygen atoms in total. The van der Waals surface area contributed by atoms with Gasteiger partial charge in [0.2, 0.25) is 0 Å². The Morgan fingerprint density at radius 1 is 1.56 bits per heavy atom. The average molecular weight is 137 g/mol. The van der Waals surface area contributed by atoms with Crippen LogP contribution in [0.2, 0.25) is 0 Å². The summed E-state index contributed by atoms with van der Waals surface area (Å²) in [6.07, 6.45) is 1.85. The van der Waals surface area contributed by atoms with Gasteiger partial charge in [-0.05, 0) is 17.7 Å². The van der Waals surface area contributed by atoms with Gasteiger partial charge >= 0.3 is 0 Å². The minimum absolute atomic E-state index is 0.686. The van der Waals surface area contributed by atoms with Crippen LogP contribution in [0.5, 0.6) is 0 Å². The van der Waals surface area contributed by atoms with Gasteiger partial charge in [0.25, 0.3) is 0 Å². The van der Waals surface area contributed by atoms with Gasteiger partial charge in [-0.25, -0.2) is 0 Å². The van der Waals surface area contributed by atoms with Gasteiger partial charge in [0, 0.05) is 22.1 Å². The number of rotatable bonds is 1. The lowest BCUT2D eigenvalue weighted by Crippen LogP contribution is -1.93. The number of pyridine rings is 1. The fourth-order valence-corrected chi connectivity index (χ4v) is 1.06. The van der Waals surface area contributed by atoms with Crippen molar-refractivity contribution in [1.29, 1.82) is 0 Å². The van der Waals surface area contributed by atoms with E-state index in [9.17, 15) is 0 Å². The molecule has 0 N–H and O–H groups in total. The number of hydrogen-bond donors (Lipinski definition) is 0. The summed E-state index contributed by atoms with van der Waals surface area (Å²) in [6.45, 7) is 2.20.